The Bertz CT molecular complexity index is 464. The first-order valence-corrected chi connectivity index (χ1v) is 12.0. The Kier molecular flexibility index (Phi) is 8.98. The quantitative estimate of drug-likeness (QED) is 0.307. The molecule has 0 N–H and O–H groups in total. The van der Waals surface area contributed by atoms with Crippen molar-refractivity contribution in [2.24, 2.45) is 34.5 Å². The highest BCUT2D eigenvalue weighted by molar-refractivity contribution is 4.96. The minimum atomic E-state index is 0.173. The number of hydrogen-bond donors (Lipinski definition) is 0. The number of quaternary nitrogens is 1. The van der Waals surface area contributed by atoms with Crippen molar-refractivity contribution < 1.29 is 4.48 Å². The third-order valence-corrected chi connectivity index (χ3v) is 9.05. The Morgan fingerprint density at radius 1 is 0.571 bits per heavy atom. The predicted molar refractivity (Wildman–Crippen MR) is 130 cm³/mol. The minimum absolute atomic E-state index is 0.173. The van der Waals surface area contributed by atoms with Crippen LogP contribution in [0.1, 0.15) is 117 Å². The molecule has 1 heteroatoms. The zero-order chi connectivity index (χ0) is 22.9. The summed E-state index contributed by atoms with van der Waals surface area (Å²) in [6, 6.07) is 0. The fraction of sp³-hybridized carbons (Fsp3) is 1.00. The van der Waals surface area contributed by atoms with Crippen molar-refractivity contribution in [1.82, 2.24) is 0 Å². The van der Waals surface area contributed by atoms with Gasteiger partial charge in [-0.25, -0.2) is 0 Å². The van der Waals surface area contributed by atoms with Crippen LogP contribution in [0, 0.1) is 34.5 Å². The Morgan fingerprint density at radius 2 is 0.929 bits per heavy atom. The molecule has 0 amide bonds. The van der Waals surface area contributed by atoms with Gasteiger partial charge in [-0.05, 0) is 44.9 Å². The van der Waals surface area contributed by atoms with Crippen LogP contribution in [-0.2, 0) is 0 Å². The van der Waals surface area contributed by atoms with E-state index in [1.54, 1.807) is 0 Å². The molecule has 1 nitrogen and oxygen atoms in total. The second kappa shape index (κ2) is 8.99. The Balaban J connectivity index is 6.84. The van der Waals surface area contributed by atoms with E-state index in [0.717, 1.165) is 0 Å². The monoisotopic (exact) mass is 396 g/mol. The number of rotatable bonds is 11. The van der Waals surface area contributed by atoms with Crippen LogP contribution in [-0.4, -0.2) is 28.7 Å². The van der Waals surface area contributed by atoms with Crippen LogP contribution in [0.2, 0.25) is 0 Å². The molecule has 0 rings (SSSR count). The molecule has 0 aromatic carbocycles. The van der Waals surface area contributed by atoms with Gasteiger partial charge in [0.1, 0.15) is 0 Å². The van der Waals surface area contributed by atoms with Crippen molar-refractivity contribution in [3.8, 4) is 0 Å². The van der Waals surface area contributed by atoms with Gasteiger partial charge in [0.15, 0.2) is 0 Å². The van der Waals surface area contributed by atoms with Gasteiger partial charge in [-0.1, -0.05) is 83.1 Å². The maximum atomic E-state index is 2.59. The first-order valence-electron chi connectivity index (χ1n) is 12.0. The molecular weight excluding hydrogens is 338 g/mol. The average Bonchev–Trinajstić information content (AvgIpc) is 2.43. The molecule has 0 saturated carbocycles. The standard InChI is InChI=1S/C27H58N/c1-20(2)17-28(18-21(3)4,27(15,16)26(13,14)23(7)8)25(11,12)19-24(9,10)22(5)6/h20-23H,17-19H2,1-16H3/q+1. The van der Waals surface area contributed by atoms with E-state index in [9.17, 15) is 0 Å². The molecule has 0 fully saturated rings. The van der Waals surface area contributed by atoms with Gasteiger partial charge in [0.25, 0.3) is 0 Å². The van der Waals surface area contributed by atoms with Gasteiger partial charge in [0.05, 0.1) is 24.2 Å². The highest BCUT2D eigenvalue weighted by Crippen LogP contribution is 2.53. The molecular formula is C27H58N+. The maximum Gasteiger partial charge on any atom is 0.0993 e. The Labute approximate surface area is 180 Å². The largest absolute Gasteiger partial charge is 0.314 e. The van der Waals surface area contributed by atoms with Crippen LogP contribution in [0.15, 0.2) is 0 Å². The predicted octanol–water partition coefficient (Wildman–Crippen LogP) is 8.43. The van der Waals surface area contributed by atoms with E-state index in [2.05, 4.69) is 111 Å². The van der Waals surface area contributed by atoms with Crippen LogP contribution < -0.4 is 0 Å². The molecule has 0 aliphatic carbocycles. The summed E-state index contributed by atoms with van der Waals surface area (Å²) in [4.78, 5) is 0. The lowest BCUT2D eigenvalue weighted by Gasteiger charge is -2.66. The molecule has 0 bridgehead atoms. The van der Waals surface area contributed by atoms with Crippen LogP contribution >= 0.6 is 0 Å². The van der Waals surface area contributed by atoms with Gasteiger partial charge in [-0.15, -0.1) is 0 Å². The number of nitrogens with zero attached hydrogens (tertiary/aromatic N) is 1. The molecule has 0 radical (unpaired) electrons. The summed E-state index contributed by atoms with van der Waals surface area (Å²) in [5.41, 5.74) is 0.958. The highest BCUT2D eigenvalue weighted by atomic mass is 15.5. The molecule has 28 heavy (non-hydrogen) atoms. The lowest BCUT2D eigenvalue weighted by molar-refractivity contribution is -1.03. The molecule has 0 aromatic rings. The molecule has 0 aliphatic heterocycles. The van der Waals surface area contributed by atoms with Crippen molar-refractivity contribution >= 4 is 0 Å². The summed E-state index contributed by atoms with van der Waals surface area (Å²) in [7, 11) is 0. The van der Waals surface area contributed by atoms with E-state index >= 15 is 0 Å². The summed E-state index contributed by atoms with van der Waals surface area (Å²) in [6.07, 6.45) is 1.26. The Hall–Kier alpha value is -0.0400. The second-order valence-electron chi connectivity index (χ2n) is 13.7. The summed E-state index contributed by atoms with van der Waals surface area (Å²) < 4.78 is 1.21. The van der Waals surface area contributed by atoms with Crippen molar-refractivity contribution in [2.45, 2.75) is 128 Å². The van der Waals surface area contributed by atoms with Gasteiger partial charge in [-0.3, -0.25) is 0 Å². The minimum Gasteiger partial charge on any atom is -0.314 e. The van der Waals surface area contributed by atoms with E-state index in [4.69, 9.17) is 0 Å². The van der Waals surface area contributed by atoms with Crippen molar-refractivity contribution in [2.75, 3.05) is 13.1 Å². The Morgan fingerprint density at radius 3 is 1.18 bits per heavy atom. The highest BCUT2D eigenvalue weighted by Gasteiger charge is 2.61. The molecule has 0 spiro atoms. The average molecular weight is 397 g/mol. The van der Waals surface area contributed by atoms with E-state index in [1.807, 2.05) is 0 Å². The van der Waals surface area contributed by atoms with E-state index in [1.165, 1.54) is 24.0 Å². The fourth-order valence-electron chi connectivity index (χ4n) is 5.76. The van der Waals surface area contributed by atoms with Crippen molar-refractivity contribution in [3.05, 3.63) is 0 Å². The summed E-state index contributed by atoms with van der Waals surface area (Å²) in [6.45, 7) is 42.2. The van der Waals surface area contributed by atoms with Crippen LogP contribution in [0.4, 0.5) is 0 Å². The van der Waals surface area contributed by atoms with Crippen LogP contribution in [0.25, 0.3) is 0 Å². The molecule has 0 heterocycles. The maximum absolute atomic E-state index is 2.59. The second-order valence-corrected chi connectivity index (χ2v) is 13.7. The van der Waals surface area contributed by atoms with Crippen molar-refractivity contribution in [3.63, 3.8) is 0 Å². The fourth-order valence-corrected chi connectivity index (χ4v) is 5.76. The van der Waals surface area contributed by atoms with E-state index < -0.39 is 0 Å². The third-order valence-electron chi connectivity index (χ3n) is 9.05. The molecule has 0 aromatic heterocycles. The topological polar surface area (TPSA) is 0 Å². The SMILES string of the molecule is CC(C)C[N+](CC(C)C)(C(C)(C)CC(C)(C)C(C)C)C(C)(C)C(C)(C)C(C)C. The molecule has 170 valence electrons. The lowest BCUT2D eigenvalue weighted by Crippen LogP contribution is -2.77. The van der Waals surface area contributed by atoms with Crippen LogP contribution in [0.3, 0.4) is 0 Å². The van der Waals surface area contributed by atoms with E-state index in [-0.39, 0.29) is 16.5 Å². The number of hydrogen-bond acceptors (Lipinski definition) is 0. The van der Waals surface area contributed by atoms with Gasteiger partial charge in [0, 0.05) is 23.7 Å². The van der Waals surface area contributed by atoms with E-state index in [0.29, 0.717) is 29.1 Å². The van der Waals surface area contributed by atoms with Gasteiger partial charge < -0.3 is 4.48 Å². The zero-order valence-corrected chi connectivity index (χ0v) is 22.9. The van der Waals surface area contributed by atoms with Gasteiger partial charge >= 0.3 is 0 Å². The van der Waals surface area contributed by atoms with Crippen LogP contribution in [0.5, 0.6) is 0 Å². The molecule has 0 unspecified atom stereocenters. The first kappa shape index (κ1) is 28.0. The zero-order valence-electron chi connectivity index (χ0n) is 22.9. The lowest BCUT2D eigenvalue weighted by atomic mass is 9.61. The summed E-state index contributed by atoms with van der Waals surface area (Å²) in [5, 5.41) is 0. The summed E-state index contributed by atoms with van der Waals surface area (Å²) in [5.74, 6) is 2.70. The normalized spacial score (nSPS) is 15.4. The smallest absolute Gasteiger partial charge is 0.0993 e. The molecule has 0 aliphatic rings. The van der Waals surface area contributed by atoms with Gasteiger partial charge in [0.2, 0.25) is 0 Å². The summed E-state index contributed by atoms with van der Waals surface area (Å²) >= 11 is 0. The first-order chi connectivity index (χ1) is 12.2. The third kappa shape index (κ3) is 5.35. The molecule has 0 atom stereocenters. The van der Waals surface area contributed by atoms with Crippen molar-refractivity contribution in [1.29, 1.82) is 0 Å². The van der Waals surface area contributed by atoms with Gasteiger partial charge in [-0.2, -0.15) is 0 Å². The molecule has 0 saturated heterocycles.